The molecule has 0 radical (unpaired) electrons. The van der Waals surface area contributed by atoms with Gasteiger partial charge in [0.05, 0.1) is 6.61 Å². The number of aliphatic hydroxyl groups excluding tert-OH is 1. The second kappa shape index (κ2) is 6.62. The van der Waals surface area contributed by atoms with Crippen LogP contribution in [0.1, 0.15) is 23.6 Å². The number of ether oxygens (including phenoxy) is 1. The highest BCUT2D eigenvalue weighted by molar-refractivity contribution is 5.41. The van der Waals surface area contributed by atoms with Gasteiger partial charge in [0.15, 0.2) is 0 Å². The van der Waals surface area contributed by atoms with Crippen LogP contribution in [0.3, 0.4) is 0 Å². The molecular weight excluding hydrogens is 214 g/mol. The minimum absolute atomic E-state index is 0.141. The van der Waals surface area contributed by atoms with E-state index in [0.717, 1.165) is 12.2 Å². The molecule has 0 aliphatic carbocycles. The van der Waals surface area contributed by atoms with Crippen LogP contribution in [-0.2, 0) is 6.42 Å². The van der Waals surface area contributed by atoms with Crippen LogP contribution in [-0.4, -0.2) is 24.9 Å². The van der Waals surface area contributed by atoms with Crippen molar-refractivity contribution >= 4 is 0 Å². The van der Waals surface area contributed by atoms with Crippen molar-refractivity contribution in [3.63, 3.8) is 0 Å². The third kappa shape index (κ3) is 3.72. The Morgan fingerprint density at radius 3 is 2.29 bits per heavy atom. The van der Waals surface area contributed by atoms with Crippen LogP contribution in [0.4, 0.5) is 0 Å². The Morgan fingerprint density at radius 2 is 1.88 bits per heavy atom. The van der Waals surface area contributed by atoms with E-state index in [1.165, 1.54) is 16.7 Å². The summed E-state index contributed by atoms with van der Waals surface area (Å²) in [6.45, 7) is 7.48. The molecule has 0 saturated heterocycles. The van der Waals surface area contributed by atoms with E-state index in [2.05, 4.69) is 26.0 Å². The van der Waals surface area contributed by atoms with Gasteiger partial charge < -0.3 is 15.6 Å². The lowest BCUT2D eigenvalue weighted by molar-refractivity contribution is 0.229. The molecule has 0 aliphatic rings. The van der Waals surface area contributed by atoms with Gasteiger partial charge in [0, 0.05) is 6.61 Å². The van der Waals surface area contributed by atoms with Crippen LogP contribution in [0.15, 0.2) is 12.1 Å². The quantitative estimate of drug-likeness (QED) is 0.793. The van der Waals surface area contributed by atoms with Crippen molar-refractivity contribution in [2.75, 3.05) is 19.8 Å². The van der Waals surface area contributed by atoms with E-state index < -0.39 is 0 Å². The van der Waals surface area contributed by atoms with E-state index >= 15 is 0 Å². The third-order valence-corrected chi connectivity index (χ3v) is 3.06. The molecule has 0 amide bonds. The first kappa shape index (κ1) is 14.0. The Kier molecular flexibility index (Phi) is 5.45. The molecule has 3 N–H and O–H groups in total. The Bertz CT molecular complexity index is 336. The average molecular weight is 237 g/mol. The van der Waals surface area contributed by atoms with E-state index in [9.17, 15) is 5.11 Å². The zero-order valence-corrected chi connectivity index (χ0v) is 11.0. The predicted octanol–water partition coefficient (Wildman–Crippen LogP) is 1.81. The summed E-state index contributed by atoms with van der Waals surface area (Å²) in [7, 11) is 0. The number of nitrogens with two attached hydrogens (primary N) is 1. The summed E-state index contributed by atoms with van der Waals surface area (Å²) in [5.74, 6) is 1.06. The van der Waals surface area contributed by atoms with E-state index in [1.54, 1.807) is 0 Å². The minimum Gasteiger partial charge on any atom is -0.494 e. The van der Waals surface area contributed by atoms with Gasteiger partial charge in [-0.05, 0) is 68.5 Å². The molecule has 0 heterocycles. The summed E-state index contributed by atoms with van der Waals surface area (Å²) in [5.41, 5.74) is 9.32. The van der Waals surface area contributed by atoms with Crippen molar-refractivity contribution in [2.45, 2.75) is 27.2 Å². The second-order valence-corrected chi connectivity index (χ2v) is 4.46. The summed E-state index contributed by atoms with van der Waals surface area (Å²) in [5, 5.41) is 9.20. The van der Waals surface area contributed by atoms with Crippen LogP contribution < -0.4 is 10.5 Å². The monoisotopic (exact) mass is 237 g/mol. The van der Waals surface area contributed by atoms with Crippen molar-refractivity contribution in [3.8, 4) is 5.75 Å². The van der Waals surface area contributed by atoms with Crippen molar-refractivity contribution in [1.82, 2.24) is 0 Å². The normalized spacial score (nSPS) is 12.5. The lowest BCUT2D eigenvalue weighted by Gasteiger charge is -2.17. The molecule has 1 atom stereocenters. The highest BCUT2D eigenvalue weighted by Crippen LogP contribution is 2.24. The SMILES string of the molecule is CCOc1cc(C)c(CC(CN)CO)c(C)c1. The summed E-state index contributed by atoms with van der Waals surface area (Å²) in [6.07, 6.45) is 0.830. The molecule has 1 aromatic carbocycles. The van der Waals surface area contributed by atoms with Gasteiger partial charge in [-0.15, -0.1) is 0 Å². The summed E-state index contributed by atoms with van der Waals surface area (Å²) >= 11 is 0. The number of aryl methyl sites for hydroxylation is 2. The van der Waals surface area contributed by atoms with E-state index in [-0.39, 0.29) is 12.5 Å². The molecule has 1 aromatic rings. The van der Waals surface area contributed by atoms with E-state index in [0.29, 0.717) is 13.2 Å². The van der Waals surface area contributed by atoms with Crippen LogP contribution in [0, 0.1) is 19.8 Å². The van der Waals surface area contributed by atoms with Crippen LogP contribution in [0.25, 0.3) is 0 Å². The van der Waals surface area contributed by atoms with Gasteiger partial charge in [-0.1, -0.05) is 0 Å². The first-order chi connectivity index (χ1) is 8.12. The molecule has 0 saturated carbocycles. The number of hydrogen-bond donors (Lipinski definition) is 2. The Labute approximate surface area is 104 Å². The molecule has 3 heteroatoms. The van der Waals surface area contributed by atoms with Gasteiger partial charge in [-0.2, -0.15) is 0 Å². The zero-order chi connectivity index (χ0) is 12.8. The fraction of sp³-hybridized carbons (Fsp3) is 0.571. The van der Waals surface area contributed by atoms with E-state index in [1.807, 2.05) is 6.92 Å². The molecular formula is C14H23NO2. The maximum Gasteiger partial charge on any atom is 0.119 e. The zero-order valence-electron chi connectivity index (χ0n) is 11.0. The molecule has 1 unspecified atom stereocenters. The Hall–Kier alpha value is -1.06. The second-order valence-electron chi connectivity index (χ2n) is 4.46. The molecule has 0 spiro atoms. The molecule has 96 valence electrons. The van der Waals surface area contributed by atoms with Gasteiger partial charge in [0.25, 0.3) is 0 Å². The molecule has 1 rings (SSSR count). The fourth-order valence-electron chi connectivity index (χ4n) is 2.04. The Morgan fingerprint density at radius 1 is 1.29 bits per heavy atom. The van der Waals surface area contributed by atoms with Gasteiger partial charge in [-0.3, -0.25) is 0 Å². The maximum absolute atomic E-state index is 9.20. The van der Waals surface area contributed by atoms with Gasteiger partial charge in [0.2, 0.25) is 0 Å². The first-order valence-corrected chi connectivity index (χ1v) is 6.16. The van der Waals surface area contributed by atoms with Crippen LogP contribution >= 0.6 is 0 Å². The Balaban J connectivity index is 2.92. The topological polar surface area (TPSA) is 55.5 Å². The average Bonchev–Trinajstić information content (AvgIpc) is 2.29. The highest BCUT2D eigenvalue weighted by atomic mass is 16.5. The van der Waals surface area contributed by atoms with Crippen molar-refractivity contribution < 1.29 is 9.84 Å². The van der Waals surface area contributed by atoms with Gasteiger partial charge in [-0.25, -0.2) is 0 Å². The number of hydrogen-bond acceptors (Lipinski definition) is 3. The van der Waals surface area contributed by atoms with Crippen molar-refractivity contribution in [3.05, 3.63) is 28.8 Å². The predicted molar refractivity (Wildman–Crippen MR) is 70.4 cm³/mol. The van der Waals surface area contributed by atoms with E-state index in [4.69, 9.17) is 10.5 Å². The third-order valence-electron chi connectivity index (χ3n) is 3.06. The summed E-state index contributed by atoms with van der Waals surface area (Å²) < 4.78 is 5.51. The molecule has 0 aliphatic heterocycles. The smallest absolute Gasteiger partial charge is 0.119 e. The standard InChI is InChI=1S/C14H23NO2/c1-4-17-13-5-10(2)14(11(3)6-13)7-12(8-15)9-16/h5-6,12,16H,4,7-9,15H2,1-3H3. The molecule has 3 nitrogen and oxygen atoms in total. The summed E-state index contributed by atoms with van der Waals surface area (Å²) in [6, 6.07) is 4.10. The van der Waals surface area contributed by atoms with Crippen LogP contribution in [0.2, 0.25) is 0 Å². The maximum atomic E-state index is 9.20. The lowest BCUT2D eigenvalue weighted by Crippen LogP contribution is -2.21. The van der Waals surface area contributed by atoms with Crippen molar-refractivity contribution in [2.24, 2.45) is 11.7 Å². The largest absolute Gasteiger partial charge is 0.494 e. The van der Waals surface area contributed by atoms with Gasteiger partial charge in [0.1, 0.15) is 5.75 Å². The fourth-order valence-corrected chi connectivity index (χ4v) is 2.04. The number of benzene rings is 1. The van der Waals surface area contributed by atoms with Crippen molar-refractivity contribution in [1.29, 1.82) is 0 Å². The summed E-state index contributed by atoms with van der Waals surface area (Å²) in [4.78, 5) is 0. The number of aliphatic hydroxyl groups is 1. The highest BCUT2D eigenvalue weighted by Gasteiger charge is 2.11. The minimum atomic E-state index is 0.141. The molecule has 0 bridgehead atoms. The first-order valence-electron chi connectivity index (χ1n) is 6.16. The van der Waals surface area contributed by atoms with Crippen LogP contribution in [0.5, 0.6) is 5.75 Å². The molecule has 0 aromatic heterocycles. The molecule has 0 fully saturated rings. The lowest BCUT2D eigenvalue weighted by atomic mass is 9.93. The number of rotatable bonds is 6. The van der Waals surface area contributed by atoms with Gasteiger partial charge >= 0.3 is 0 Å². The molecule has 17 heavy (non-hydrogen) atoms.